The Morgan fingerprint density at radius 2 is 1.87 bits per heavy atom. The van der Waals surface area contributed by atoms with Gasteiger partial charge in [0.1, 0.15) is 0 Å². The Kier molecular flexibility index (Phi) is 5.13. The standard InChI is InChI=1S/C13H20ClN/c1-4-13(15-3)10(2)9-11-5-7-12(14)8-6-11/h5-8,10,13,15H,4,9H2,1-3H3. The van der Waals surface area contributed by atoms with Gasteiger partial charge >= 0.3 is 0 Å². The third kappa shape index (κ3) is 3.84. The van der Waals surface area contributed by atoms with Crippen LogP contribution in [0.25, 0.3) is 0 Å². The first-order chi connectivity index (χ1) is 7.17. The summed E-state index contributed by atoms with van der Waals surface area (Å²) in [6.45, 7) is 4.51. The fraction of sp³-hybridized carbons (Fsp3) is 0.538. The lowest BCUT2D eigenvalue weighted by atomic mass is 9.92. The summed E-state index contributed by atoms with van der Waals surface area (Å²) in [5.74, 6) is 0.654. The maximum absolute atomic E-state index is 5.85. The highest BCUT2D eigenvalue weighted by atomic mass is 35.5. The van der Waals surface area contributed by atoms with Gasteiger partial charge in [-0.25, -0.2) is 0 Å². The van der Waals surface area contributed by atoms with Crippen molar-refractivity contribution >= 4 is 11.6 Å². The van der Waals surface area contributed by atoms with Crippen LogP contribution >= 0.6 is 11.6 Å². The Morgan fingerprint density at radius 1 is 1.27 bits per heavy atom. The normalized spacial score (nSPS) is 14.9. The average molecular weight is 226 g/mol. The molecule has 0 heterocycles. The summed E-state index contributed by atoms with van der Waals surface area (Å²) in [4.78, 5) is 0. The number of nitrogens with one attached hydrogen (secondary N) is 1. The van der Waals surface area contributed by atoms with E-state index in [1.54, 1.807) is 0 Å². The largest absolute Gasteiger partial charge is 0.317 e. The van der Waals surface area contributed by atoms with Crippen molar-refractivity contribution in [1.29, 1.82) is 0 Å². The number of hydrogen-bond donors (Lipinski definition) is 1. The molecule has 1 rings (SSSR count). The van der Waals surface area contributed by atoms with E-state index in [1.807, 2.05) is 19.2 Å². The Balaban J connectivity index is 2.57. The molecule has 2 heteroatoms. The monoisotopic (exact) mass is 225 g/mol. The fourth-order valence-corrected chi connectivity index (χ4v) is 2.15. The number of halogens is 1. The van der Waals surface area contributed by atoms with Gasteiger partial charge < -0.3 is 5.32 Å². The van der Waals surface area contributed by atoms with Gasteiger partial charge in [-0.05, 0) is 43.5 Å². The zero-order valence-electron chi connectivity index (χ0n) is 9.76. The van der Waals surface area contributed by atoms with Crippen molar-refractivity contribution in [2.24, 2.45) is 5.92 Å². The summed E-state index contributed by atoms with van der Waals surface area (Å²) in [5, 5.41) is 4.17. The van der Waals surface area contributed by atoms with E-state index in [9.17, 15) is 0 Å². The lowest BCUT2D eigenvalue weighted by molar-refractivity contribution is 0.387. The molecule has 0 radical (unpaired) electrons. The van der Waals surface area contributed by atoms with Crippen molar-refractivity contribution in [1.82, 2.24) is 5.32 Å². The second kappa shape index (κ2) is 6.14. The molecule has 0 fully saturated rings. The first kappa shape index (κ1) is 12.5. The molecular weight excluding hydrogens is 206 g/mol. The second-order valence-electron chi connectivity index (χ2n) is 4.11. The third-order valence-electron chi connectivity index (χ3n) is 2.97. The van der Waals surface area contributed by atoms with Gasteiger partial charge in [0, 0.05) is 11.1 Å². The van der Waals surface area contributed by atoms with E-state index in [1.165, 1.54) is 12.0 Å². The Hall–Kier alpha value is -0.530. The van der Waals surface area contributed by atoms with E-state index < -0.39 is 0 Å². The average Bonchev–Trinajstić information content (AvgIpc) is 2.23. The molecule has 0 spiro atoms. The van der Waals surface area contributed by atoms with Crippen molar-refractivity contribution in [2.75, 3.05) is 7.05 Å². The molecule has 0 bridgehead atoms. The van der Waals surface area contributed by atoms with Gasteiger partial charge in [-0.15, -0.1) is 0 Å². The van der Waals surface area contributed by atoms with Gasteiger partial charge in [0.25, 0.3) is 0 Å². The topological polar surface area (TPSA) is 12.0 Å². The van der Waals surface area contributed by atoms with Gasteiger partial charge in [0.05, 0.1) is 0 Å². The molecule has 1 nitrogen and oxygen atoms in total. The molecule has 0 aliphatic carbocycles. The summed E-state index contributed by atoms with van der Waals surface area (Å²) in [7, 11) is 2.03. The van der Waals surface area contributed by atoms with Gasteiger partial charge in [-0.1, -0.05) is 37.6 Å². The number of benzene rings is 1. The number of rotatable bonds is 5. The smallest absolute Gasteiger partial charge is 0.0406 e. The third-order valence-corrected chi connectivity index (χ3v) is 3.22. The van der Waals surface area contributed by atoms with E-state index in [0.717, 1.165) is 11.4 Å². The SMILES string of the molecule is CCC(NC)C(C)Cc1ccc(Cl)cc1. The molecule has 2 atom stereocenters. The number of hydrogen-bond acceptors (Lipinski definition) is 1. The van der Waals surface area contributed by atoms with Crippen LogP contribution in [0, 0.1) is 5.92 Å². The highest BCUT2D eigenvalue weighted by molar-refractivity contribution is 6.30. The van der Waals surface area contributed by atoms with Crippen LogP contribution in [0.3, 0.4) is 0 Å². The molecule has 0 aliphatic rings. The van der Waals surface area contributed by atoms with E-state index in [4.69, 9.17) is 11.6 Å². The molecule has 1 aromatic carbocycles. The van der Waals surface area contributed by atoms with Gasteiger partial charge in [-0.3, -0.25) is 0 Å². The fourth-order valence-electron chi connectivity index (χ4n) is 2.03. The van der Waals surface area contributed by atoms with Crippen LogP contribution in [-0.2, 0) is 6.42 Å². The first-order valence-corrected chi connectivity index (χ1v) is 5.96. The zero-order chi connectivity index (χ0) is 11.3. The minimum atomic E-state index is 0.598. The lowest BCUT2D eigenvalue weighted by Gasteiger charge is -2.22. The minimum absolute atomic E-state index is 0.598. The highest BCUT2D eigenvalue weighted by Gasteiger charge is 2.13. The summed E-state index contributed by atoms with van der Waals surface area (Å²) in [6, 6.07) is 8.75. The highest BCUT2D eigenvalue weighted by Crippen LogP contribution is 2.16. The molecule has 0 saturated heterocycles. The van der Waals surface area contributed by atoms with Crippen molar-refractivity contribution in [3.05, 3.63) is 34.9 Å². The summed E-state index contributed by atoms with van der Waals surface area (Å²) in [5.41, 5.74) is 1.36. The van der Waals surface area contributed by atoms with Crippen molar-refractivity contribution in [3.8, 4) is 0 Å². The molecule has 1 N–H and O–H groups in total. The van der Waals surface area contributed by atoms with Crippen LogP contribution in [0.1, 0.15) is 25.8 Å². The molecule has 84 valence electrons. The molecule has 0 saturated carbocycles. The predicted molar refractivity (Wildman–Crippen MR) is 67.5 cm³/mol. The zero-order valence-corrected chi connectivity index (χ0v) is 10.5. The van der Waals surface area contributed by atoms with Crippen LogP contribution in [0.15, 0.2) is 24.3 Å². The molecule has 0 aromatic heterocycles. The Labute approximate surface area is 97.8 Å². The van der Waals surface area contributed by atoms with Crippen LogP contribution in [-0.4, -0.2) is 13.1 Å². The van der Waals surface area contributed by atoms with Crippen molar-refractivity contribution < 1.29 is 0 Å². The summed E-state index contributed by atoms with van der Waals surface area (Å²) in [6.07, 6.45) is 2.28. The predicted octanol–water partition coefficient (Wildman–Crippen LogP) is 3.52. The van der Waals surface area contributed by atoms with Crippen molar-refractivity contribution in [3.63, 3.8) is 0 Å². The van der Waals surface area contributed by atoms with Crippen LogP contribution in [0.2, 0.25) is 5.02 Å². The van der Waals surface area contributed by atoms with Gasteiger partial charge in [0.2, 0.25) is 0 Å². The van der Waals surface area contributed by atoms with Crippen LogP contribution in [0.5, 0.6) is 0 Å². The second-order valence-corrected chi connectivity index (χ2v) is 4.55. The summed E-state index contributed by atoms with van der Waals surface area (Å²) < 4.78 is 0. The van der Waals surface area contributed by atoms with Gasteiger partial charge in [-0.2, -0.15) is 0 Å². The molecule has 0 aliphatic heterocycles. The molecule has 15 heavy (non-hydrogen) atoms. The van der Waals surface area contributed by atoms with Gasteiger partial charge in [0.15, 0.2) is 0 Å². The van der Waals surface area contributed by atoms with E-state index in [2.05, 4.69) is 31.3 Å². The minimum Gasteiger partial charge on any atom is -0.317 e. The van der Waals surface area contributed by atoms with Crippen molar-refractivity contribution in [2.45, 2.75) is 32.7 Å². The molecular formula is C13H20ClN. The van der Waals surface area contributed by atoms with E-state index in [-0.39, 0.29) is 0 Å². The molecule has 2 unspecified atom stereocenters. The Morgan fingerprint density at radius 3 is 2.33 bits per heavy atom. The quantitative estimate of drug-likeness (QED) is 0.809. The summed E-state index contributed by atoms with van der Waals surface area (Å²) >= 11 is 5.85. The maximum Gasteiger partial charge on any atom is 0.0406 e. The van der Waals surface area contributed by atoms with Crippen LogP contribution < -0.4 is 5.32 Å². The van der Waals surface area contributed by atoms with E-state index >= 15 is 0 Å². The molecule has 1 aromatic rings. The maximum atomic E-state index is 5.85. The Bertz CT molecular complexity index is 277. The lowest BCUT2D eigenvalue weighted by Crippen LogP contribution is -2.32. The first-order valence-electron chi connectivity index (χ1n) is 5.59. The molecule has 0 amide bonds. The van der Waals surface area contributed by atoms with Crippen LogP contribution in [0.4, 0.5) is 0 Å². The van der Waals surface area contributed by atoms with E-state index in [0.29, 0.717) is 12.0 Å².